The van der Waals surface area contributed by atoms with Crippen molar-refractivity contribution in [2.45, 2.75) is 0 Å². The quantitative estimate of drug-likeness (QED) is 0.794. The third-order valence-corrected chi connectivity index (χ3v) is 2.25. The van der Waals surface area contributed by atoms with Crippen LogP contribution in [0, 0.1) is 0 Å². The molecule has 3 N–H and O–H groups in total. The first kappa shape index (κ1) is 11.1. The van der Waals surface area contributed by atoms with E-state index in [-0.39, 0.29) is 11.7 Å². The first-order chi connectivity index (χ1) is 8.20. The number of furan rings is 1. The molecule has 0 aliphatic heterocycles. The van der Waals surface area contributed by atoms with Crippen molar-refractivity contribution in [3.05, 3.63) is 42.4 Å². The number of hydrogen-bond donors (Lipinski definition) is 2. The molecule has 5 heteroatoms. The van der Waals surface area contributed by atoms with Gasteiger partial charge in [-0.25, -0.2) is 0 Å². The zero-order chi connectivity index (χ0) is 12.3. The highest BCUT2D eigenvalue weighted by Gasteiger charge is 2.10. The van der Waals surface area contributed by atoms with E-state index in [2.05, 4.69) is 5.32 Å². The van der Waals surface area contributed by atoms with E-state index < -0.39 is 0 Å². The van der Waals surface area contributed by atoms with Crippen molar-refractivity contribution in [3.63, 3.8) is 0 Å². The van der Waals surface area contributed by atoms with Gasteiger partial charge in [0.15, 0.2) is 5.76 Å². The summed E-state index contributed by atoms with van der Waals surface area (Å²) in [6.07, 6.45) is 1.44. The van der Waals surface area contributed by atoms with E-state index in [0.717, 1.165) is 0 Å². The van der Waals surface area contributed by atoms with Crippen molar-refractivity contribution in [1.29, 1.82) is 0 Å². The van der Waals surface area contributed by atoms with Crippen molar-refractivity contribution in [1.82, 2.24) is 0 Å². The Bertz CT molecular complexity index is 521. The Kier molecular flexibility index (Phi) is 3.00. The molecule has 1 heterocycles. The standard InChI is InChI=1S/C12H12N2O3/c1-16-8-4-5-10(9(13)7-8)14-12(15)11-3-2-6-17-11/h2-7H,13H2,1H3,(H,14,15). The molecule has 0 saturated heterocycles. The lowest BCUT2D eigenvalue weighted by Crippen LogP contribution is -2.12. The molecule has 0 unspecified atom stereocenters. The number of carbonyl (C=O) groups is 1. The van der Waals surface area contributed by atoms with Gasteiger partial charge < -0.3 is 20.2 Å². The highest BCUT2D eigenvalue weighted by molar-refractivity contribution is 6.03. The molecule has 2 rings (SSSR count). The zero-order valence-corrected chi connectivity index (χ0v) is 9.27. The Morgan fingerprint density at radius 1 is 1.41 bits per heavy atom. The Balaban J connectivity index is 2.16. The van der Waals surface area contributed by atoms with Crippen LogP contribution in [0.3, 0.4) is 0 Å². The molecule has 0 bridgehead atoms. The smallest absolute Gasteiger partial charge is 0.291 e. The topological polar surface area (TPSA) is 77.5 Å². The maximum absolute atomic E-state index is 11.7. The SMILES string of the molecule is COc1ccc(NC(=O)c2ccco2)c(N)c1. The van der Waals surface area contributed by atoms with E-state index in [4.69, 9.17) is 14.9 Å². The minimum atomic E-state index is -0.341. The van der Waals surface area contributed by atoms with Crippen LogP contribution >= 0.6 is 0 Å². The van der Waals surface area contributed by atoms with Crippen molar-refractivity contribution in [3.8, 4) is 5.75 Å². The summed E-state index contributed by atoms with van der Waals surface area (Å²) in [6.45, 7) is 0. The summed E-state index contributed by atoms with van der Waals surface area (Å²) < 4.78 is 9.99. The van der Waals surface area contributed by atoms with E-state index in [9.17, 15) is 4.79 Å². The summed E-state index contributed by atoms with van der Waals surface area (Å²) in [4.78, 5) is 11.7. The largest absolute Gasteiger partial charge is 0.497 e. The molecule has 1 amide bonds. The third kappa shape index (κ3) is 2.39. The van der Waals surface area contributed by atoms with Gasteiger partial charge >= 0.3 is 0 Å². The number of rotatable bonds is 3. The molecule has 0 aliphatic rings. The first-order valence-corrected chi connectivity index (χ1v) is 4.99. The number of methoxy groups -OCH3 is 1. The zero-order valence-electron chi connectivity index (χ0n) is 9.27. The number of nitrogen functional groups attached to an aromatic ring is 1. The van der Waals surface area contributed by atoms with Gasteiger partial charge in [0, 0.05) is 6.07 Å². The van der Waals surface area contributed by atoms with Gasteiger partial charge in [-0.15, -0.1) is 0 Å². The number of nitrogens with two attached hydrogens (primary N) is 1. The molecule has 0 fully saturated rings. The lowest BCUT2D eigenvalue weighted by Gasteiger charge is -2.08. The fraction of sp³-hybridized carbons (Fsp3) is 0.0833. The van der Waals surface area contributed by atoms with Crippen LogP contribution in [0.25, 0.3) is 0 Å². The molecule has 1 aromatic carbocycles. The number of amides is 1. The monoisotopic (exact) mass is 232 g/mol. The number of carbonyl (C=O) groups excluding carboxylic acids is 1. The predicted molar refractivity (Wildman–Crippen MR) is 64.1 cm³/mol. The van der Waals surface area contributed by atoms with Gasteiger partial charge in [0.25, 0.3) is 5.91 Å². The molecule has 17 heavy (non-hydrogen) atoms. The van der Waals surface area contributed by atoms with E-state index in [0.29, 0.717) is 17.1 Å². The molecule has 0 aliphatic carbocycles. The average molecular weight is 232 g/mol. The summed E-state index contributed by atoms with van der Waals surface area (Å²) in [7, 11) is 1.55. The Morgan fingerprint density at radius 3 is 2.82 bits per heavy atom. The van der Waals surface area contributed by atoms with Crippen molar-refractivity contribution in [2.24, 2.45) is 0 Å². The van der Waals surface area contributed by atoms with E-state index in [1.807, 2.05) is 0 Å². The number of benzene rings is 1. The van der Waals surface area contributed by atoms with Gasteiger partial charge in [0.2, 0.25) is 0 Å². The second-order valence-electron chi connectivity index (χ2n) is 3.38. The van der Waals surface area contributed by atoms with Crippen LogP contribution in [0.2, 0.25) is 0 Å². The summed E-state index contributed by atoms with van der Waals surface area (Å²) in [5.41, 5.74) is 6.73. The maximum Gasteiger partial charge on any atom is 0.291 e. The number of ether oxygens (including phenoxy) is 1. The molecule has 5 nitrogen and oxygen atoms in total. The Morgan fingerprint density at radius 2 is 2.24 bits per heavy atom. The van der Waals surface area contributed by atoms with Gasteiger partial charge in [-0.1, -0.05) is 0 Å². The number of nitrogens with one attached hydrogen (secondary N) is 1. The molecule has 0 atom stereocenters. The average Bonchev–Trinajstić information content (AvgIpc) is 2.85. The molecule has 0 radical (unpaired) electrons. The van der Waals surface area contributed by atoms with Crippen LogP contribution < -0.4 is 15.8 Å². The van der Waals surface area contributed by atoms with Crippen LogP contribution in [-0.2, 0) is 0 Å². The van der Waals surface area contributed by atoms with Gasteiger partial charge in [0.1, 0.15) is 5.75 Å². The first-order valence-electron chi connectivity index (χ1n) is 4.99. The molecular formula is C12H12N2O3. The lowest BCUT2D eigenvalue weighted by atomic mass is 10.2. The molecule has 2 aromatic rings. The van der Waals surface area contributed by atoms with E-state index in [1.54, 1.807) is 37.4 Å². The van der Waals surface area contributed by atoms with Crippen LogP contribution in [0.4, 0.5) is 11.4 Å². The van der Waals surface area contributed by atoms with Crippen LogP contribution in [0.5, 0.6) is 5.75 Å². The Labute approximate surface area is 98.2 Å². The fourth-order valence-corrected chi connectivity index (χ4v) is 1.37. The van der Waals surface area contributed by atoms with Crippen molar-refractivity contribution in [2.75, 3.05) is 18.2 Å². The fourth-order valence-electron chi connectivity index (χ4n) is 1.37. The van der Waals surface area contributed by atoms with Gasteiger partial charge in [0.05, 0.1) is 24.7 Å². The normalized spacial score (nSPS) is 9.94. The van der Waals surface area contributed by atoms with E-state index >= 15 is 0 Å². The van der Waals surface area contributed by atoms with Crippen LogP contribution in [0.15, 0.2) is 41.0 Å². The van der Waals surface area contributed by atoms with Crippen molar-refractivity contribution < 1.29 is 13.9 Å². The van der Waals surface area contributed by atoms with Crippen LogP contribution in [0.1, 0.15) is 10.6 Å². The Hall–Kier alpha value is -2.43. The minimum Gasteiger partial charge on any atom is -0.497 e. The van der Waals surface area contributed by atoms with Crippen molar-refractivity contribution >= 4 is 17.3 Å². The van der Waals surface area contributed by atoms with Gasteiger partial charge in [-0.2, -0.15) is 0 Å². The molecule has 88 valence electrons. The maximum atomic E-state index is 11.7. The molecule has 1 aromatic heterocycles. The predicted octanol–water partition coefficient (Wildman–Crippen LogP) is 2.12. The number of hydrogen-bond acceptors (Lipinski definition) is 4. The second kappa shape index (κ2) is 4.61. The van der Waals surface area contributed by atoms with Gasteiger partial charge in [-0.3, -0.25) is 4.79 Å². The lowest BCUT2D eigenvalue weighted by molar-refractivity contribution is 0.0996. The summed E-state index contributed by atoms with van der Waals surface area (Å²) in [5.74, 6) is 0.533. The summed E-state index contributed by atoms with van der Waals surface area (Å²) >= 11 is 0. The summed E-state index contributed by atoms with van der Waals surface area (Å²) in [5, 5.41) is 2.65. The second-order valence-corrected chi connectivity index (χ2v) is 3.38. The highest BCUT2D eigenvalue weighted by atomic mass is 16.5. The highest BCUT2D eigenvalue weighted by Crippen LogP contribution is 2.24. The van der Waals surface area contributed by atoms with Gasteiger partial charge in [-0.05, 0) is 24.3 Å². The number of anilines is 2. The summed E-state index contributed by atoms with van der Waals surface area (Å²) in [6, 6.07) is 8.25. The third-order valence-electron chi connectivity index (χ3n) is 2.25. The van der Waals surface area contributed by atoms with E-state index in [1.165, 1.54) is 6.26 Å². The molecule has 0 saturated carbocycles. The minimum absolute atomic E-state index is 0.236. The van der Waals surface area contributed by atoms with Crippen LogP contribution in [-0.4, -0.2) is 13.0 Å². The molecule has 0 spiro atoms. The molecular weight excluding hydrogens is 220 g/mol.